The van der Waals surface area contributed by atoms with Gasteiger partial charge in [0.1, 0.15) is 11.3 Å². The summed E-state index contributed by atoms with van der Waals surface area (Å²) in [7, 11) is 0. The van der Waals surface area contributed by atoms with E-state index < -0.39 is 0 Å². The van der Waals surface area contributed by atoms with E-state index in [1.165, 1.54) is 0 Å². The maximum absolute atomic E-state index is 12.4. The summed E-state index contributed by atoms with van der Waals surface area (Å²) in [5.74, 6) is 0.735. The molecule has 19 heavy (non-hydrogen) atoms. The van der Waals surface area contributed by atoms with Gasteiger partial charge in [-0.2, -0.15) is 0 Å². The number of hydrogen-bond donors (Lipinski definition) is 1. The third kappa shape index (κ3) is 1.81. The van der Waals surface area contributed by atoms with Crippen LogP contribution < -0.4 is 11.3 Å². The fraction of sp³-hybridized carbons (Fsp3) is 0.133. The van der Waals surface area contributed by atoms with E-state index in [1.54, 1.807) is 22.9 Å². The SMILES string of the molecule is Cc1cc2c(=O)n(-c3ccc(N)c(C)c3)ccc2o1. The summed E-state index contributed by atoms with van der Waals surface area (Å²) in [6.07, 6.45) is 1.72. The molecule has 2 N–H and O–H groups in total. The highest BCUT2D eigenvalue weighted by Gasteiger charge is 2.08. The first-order valence-corrected chi connectivity index (χ1v) is 6.04. The van der Waals surface area contributed by atoms with Gasteiger partial charge < -0.3 is 10.2 Å². The van der Waals surface area contributed by atoms with Crippen LogP contribution in [0.1, 0.15) is 11.3 Å². The maximum atomic E-state index is 12.4. The molecule has 2 heterocycles. The Kier molecular flexibility index (Phi) is 2.45. The topological polar surface area (TPSA) is 61.2 Å². The minimum Gasteiger partial charge on any atom is -0.461 e. The highest BCUT2D eigenvalue weighted by Crippen LogP contribution is 2.18. The second kappa shape index (κ2) is 4.02. The number of aryl methyl sites for hydroxylation is 2. The predicted molar refractivity (Wildman–Crippen MR) is 75.7 cm³/mol. The molecular weight excluding hydrogens is 240 g/mol. The highest BCUT2D eigenvalue weighted by molar-refractivity contribution is 5.77. The average Bonchev–Trinajstić information content (AvgIpc) is 2.75. The molecular formula is C15H14N2O2. The molecule has 0 spiro atoms. The van der Waals surface area contributed by atoms with Gasteiger partial charge in [-0.1, -0.05) is 0 Å². The van der Waals surface area contributed by atoms with Crippen molar-refractivity contribution in [3.05, 3.63) is 58.2 Å². The molecule has 0 radical (unpaired) electrons. The van der Waals surface area contributed by atoms with Crippen LogP contribution >= 0.6 is 0 Å². The van der Waals surface area contributed by atoms with Crippen molar-refractivity contribution in [3.63, 3.8) is 0 Å². The molecule has 0 bridgehead atoms. The minimum absolute atomic E-state index is 0.0847. The van der Waals surface area contributed by atoms with Crippen LogP contribution in [0, 0.1) is 13.8 Å². The van der Waals surface area contributed by atoms with Crippen LogP contribution in [0.4, 0.5) is 5.69 Å². The van der Waals surface area contributed by atoms with E-state index in [2.05, 4.69) is 0 Å². The maximum Gasteiger partial charge on any atom is 0.266 e. The Labute approximate surface area is 110 Å². The largest absolute Gasteiger partial charge is 0.461 e. The number of nitrogens with two attached hydrogens (primary N) is 1. The number of furan rings is 1. The zero-order chi connectivity index (χ0) is 13.6. The van der Waals surface area contributed by atoms with Crippen molar-refractivity contribution in [2.45, 2.75) is 13.8 Å². The van der Waals surface area contributed by atoms with E-state index >= 15 is 0 Å². The van der Waals surface area contributed by atoms with Crippen LogP contribution in [-0.4, -0.2) is 4.57 Å². The molecule has 0 aliphatic rings. The Morgan fingerprint density at radius 2 is 1.95 bits per heavy atom. The standard InChI is InChI=1S/C15H14N2O2/c1-9-7-11(3-4-13(9)16)17-6-5-14-12(15(17)18)8-10(2)19-14/h3-8H,16H2,1-2H3. The summed E-state index contributed by atoms with van der Waals surface area (Å²) >= 11 is 0. The van der Waals surface area contributed by atoms with E-state index in [-0.39, 0.29) is 5.56 Å². The second-order valence-corrected chi connectivity index (χ2v) is 4.67. The Balaban J connectivity index is 2.27. The summed E-state index contributed by atoms with van der Waals surface area (Å²) in [6, 6.07) is 9.10. The lowest BCUT2D eigenvalue weighted by atomic mass is 10.2. The molecule has 0 saturated heterocycles. The predicted octanol–water partition coefficient (Wildman–Crippen LogP) is 2.78. The molecule has 0 aliphatic heterocycles. The molecule has 96 valence electrons. The molecule has 4 nitrogen and oxygen atoms in total. The van der Waals surface area contributed by atoms with Crippen LogP contribution in [0.3, 0.4) is 0 Å². The van der Waals surface area contributed by atoms with Crippen molar-refractivity contribution >= 4 is 16.7 Å². The molecule has 0 aliphatic carbocycles. The Morgan fingerprint density at radius 1 is 1.16 bits per heavy atom. The van der Waals surface area contributed by atoms with Crippen LogP contribution in [-0.2, 0) is 0 Å². The van der Waals surface area contributed by atoms with Gasteiger partial charge in [-0.15, -0.1) is 0 Å². The lowest BCUT2D eigenvalue weighted by Crippen LogP contribution is -2.17. The van der Waals surface area contributed by atoms with Crippen LogP contribution in [0.5, 0.6) is 0 Å². The third-order valence-electron chi connectivity index (χ3n) is 3.24. The molecule has 0 fully saturated rings. The number of fused-ring (bicyclic) bond motifs is 1. The number of benzene rings is 1. The number of aromatic nitrogens is 1. The first kappa shape index (κ1) is 11.6. The molecule has 3 aromatic rings. The van der Waals surface area contributed by atoms with Crippen LogP contribution in [0.2, 0.25) is 0 Å². The number of nitrogens with zero attached hydrogens (tertiary/aromatic N) is 1. The number of rotatable bonds is 1. The lowest BCUT2D eigenvalue weighted by molar-refractivity contribution is 0.578. The summed E-state index contributed by atoms with van der Waals surface area (Å²) in [4.78, 5) is 12.4. The summed E-state index contributed by atoms with van der Waals surface area (Å²) in [5, 5.41) is 0.592. The number of anilines is 1. The first-order valence-electron chi connectivity index (χ1n) is 6.04. The zero-order valence-corrected chi connectivity index (χ0v) is 10.8. The van der Waals surface area contributed by atoms with Crippen LogP contribution in [0.25, 0.3) is 16.7 Å². The quantitative estimate of drug-likeness (QED) is 0.679. The van der Waals surface area contributed by atoms with Crippen molar-refractivity contribution in [2.75, 3.05) is 5.73 Å². The summed E-state index contributed by atoms with van der Waals surface area (Å²) in [6.45, 7) is 3.75. The second-order valence-electron chi connectivity index (χ2n) is 4.67. The molecule has 4 heteroatoms. The summed E-state index contributed by atoms with van der Waals surface area (Å²) < 4.78 is 7.05. The summed E-state index contributed by atoms with van der Waals surface area (Å²) in [5.41, 5.74) is 8.80. The van der Waals surface area contributed by atoms with E-state index in [4.69, 9.17) is 10.2 Å². The van der Waals surface area contributed by atoms with Gasteiger partial charge in [0.05, 0.1) is 5.39 Å². The fourth-order valence-electron chi connectivity index (χ4n) is 2.18. The zero-order valence-electron chi connectivity index (χ0n) is 10.8. The first-order chi connectivity index (χ1) is 9.06. The van der Waals surface area contributed by atoms with Gasteiger partial charge in [0.2, 0.25) is 0 Å². The third-order valence-corrected chi connectivity index (χ3v) is 3.24. The van der Waals surface area contributed by atoms with Crippen molar-refractivity contribution < 1.29 is 4.42 Å². The van der Waals surface area contributed by atoms with E-state index in [9.17, 15) is 4.79 Å². The number of hydrogen-bond acceptors (Lipinski definition) is 3. The van der Waals surface area contributed by atoms with Crippen molar-refractivity contribution in [2.24, 2.45) is 0 Å². The van der Waals surface area contributed by atoms with Crippen molar-refractivity contribution in [3.8, 4) is 5.69 Å². The van der Waals surface area contributed by atoms with Gasteiger partial charge in [0, 0.05) is 17.6 Å². The lowest BCUT2D eigenvalue weighted by Gasteiger charge is -2.07. The van der Waals surface area contributed by atoms with Gasteiger partial charge in [0.25, 0.3) is 5.56 Å². The smallest absolute Gasteiger partial charge is 0.266 e. The molecule has 3 rings (SSSR count). The molecule has 0 unspecified atom stereocenters. The van der Waals surface area contributed by atoms with Gasteiger partial charge in [0.15, 0.2) is 0 Å². The van der Waals surface area contributed by atoms with Gasteiger partial charge in [-0.25, -0.2) is 0 Å². The molecule has 0 saturated carbocycles. The van der Waals surface area contributed by atoms with Crippen molar-refractivity contribution in [1.82, 2.24) is 4.57 Å². The monoisotopic (exact) mass is 254 g/mol. The normalized spacial score (nSPS) is 11.1. The average molecular weight is 254 g/mol. The Morgan fingerprint density at radius 3 is 2.68 bits per heavy atom. The Bertz CT molecular complexity index is 828. The van der Waals surface area contributed by atoms with E-state index in [1.807, 2.05) is 32.0 Å². The fourth-order valence-corrected chi connectivity index (χ4v) is 2.18. The number of nitrogen functional groups attached to an aromatic ring is 1. The van der Waals surface area contributed by atoms with Gasteiger partial charge in [-0.05, 0) is 49.7 Å². The molecule has 1 aromatic carbocycles. The Hall–Kier alpha value is -2.49. The van der Waals surface area contributed by atoms with Gasteiger partial charge >= 0.3 is 0 Å². The minimum atomic E-state index is -0.0847. The van der Waals surface area contributed by atoms with Crippen LogP contribution in [0.15, 0.2) is 45.7 Å². The highest BCUT2D eigenvalue weighted by atomic mass is 16.3. The van der Waals surface area contributed by atoms with E-state index in [0.717, 1.165) is 22.7 Å². The van der Waals surface area contributed by atoms with E-state index in [0.29, 0.717) is 11.0 Å². The van der Waals surface area contributed by atoms with Gasteiger partial charge in [-0.3, -0.25) is 9.36 Å². The molecule has 0 atom stereocenters. The molecule has 2 aromatic heterocycles. The van der Waals surface area contributed by atoms with Crippen molar-refractivity contribution in [1.29, 1.82) is 0 Å². The number of pyridine rings is 1. The molecule has 0 amide bonds.